The van der Waals surface area contributed by atoms with E-state index < -0.39 is 0 Å². The molecule has 2 aliphatic rings. The number of fused-ring (bicyclic) bond motifs is 3. The second-order valence-electron chi connectivity index (χ2n) is 8.29. The summed E-state index contributed by atoms with van der Waals surface area (Å²) < 4.78 is 1.05. The van der Waals surface area contributed by atoms with Crippen LogP contribution in [-0.2, 0) is 11.8 Å². The molecular weight excluding hydrogens is 376 g/mol. The van der Waals surface area contributed by atoms with Gasteiger partial charge in [-0.1, -0.05) is 53.6 Å². The van der Waals surface area contributed by atoms with E-state index in [0.717, 1.165) is 29.5 Å². The van der Waals surface area contributed by atoms with Gasteiger partial charge in [-0.05, 0) is 56.3 Å². The van der Waals surface area contributed by atoms with Crippen molar-refractivity contribution in [3.8, 4) is 0 Å². The predicted molar refractivity (Wildman–Crippen MR) is 108 cm³/mol. The normalized spacial score (nSPS) is 25.7. The first kappa shape index (κ1) is 18.7. The van der Waals surface area contributed by atoms with Crippen molar-refractivity contribution in [2.24, 2.45) is 5.41 Å². The summed E-state index contributed by atoms with van der Waals surface area (Å²) in [6.45, 7) is 13.8. The number of nitrogens with zero attached hydrogens (tertiary/aromatic N) is 2. The number of rotatable bonds is 4. The summed E-state index contributed by atoms with van der Waals surface area (Å²) in [5.41, 5.74) is 4.46. The fourth-order valence-electron chi connectivity index (χ4n) is 4.59. The van der Waals surface area contributed by atoms with E-state index in [4.69, 9.17) is 0 Å². The lowest BCUT2D eigenvalue weighted by molar-refractivity contribution is 0.0849. The lowest BCUT2D eigenvalue weighted by Crippen LogP contribution is -2.53. The second-order valence-corrected chi connectivity index (χ2v) is 9.15. The van der Waals surface area contributed by atoms with E-state index in [2.05, 4.69) is 86.4 Å². The average Bonchev–Trinajstić information content (AvgIpc) is 3.02. The Morgan fingerprint density at radius 3 is 2.72 bits per heavy atom. The first-order chi connectivity index (χ1) is 11.7. The number of hydroxylamine groups is 1. The Balaban J connectivity index is 2.22. The van der Waals surface area contributed by atoms with Gasteiger partial charge in [0.2, 0.25) is 0 Å². The van der Waals surface area contributed by atoms with Crippen LogP contribution in [0.1, 0.15) is 45.2 Å². The molecule has 1 fully saturated rings. The molecule has 1 saturated heterocycles. The zero-order chi connectivity index (χ0) is 18.6. The number of likely N-dealkylation sites (N-methyl/N-ethyl adjacent to an activating group) is 1. The summed E-state index contributed by atoms with van der Waals surface area (Å²) in [7, 11) is 2.10. The van der Waals surface area contributed by atoms with Crippen LogP contribution in [0.15, 0.2) is 40.9 Å². The van der Waals surface area contributed by atoms with Crippen LogP contribution in [0.2, 0.25) is 0 Å². The highest BCUT2D eigenvalue weighted by atomic mass is 79.9. The molecule has 1 aromatic rings. The van der Waals surface area contributed by atoms with Crippen LogP contribution in [0.25, 0.3) is 0 Å². The van der Waals surface area contributed by atoms with Crippen molar-refractivity contribution in [2.45, 2.75) is 52.1 Å². The van der Waals surface area contributed by atoms with Gasteiger partial charge in [0.1, 0.15) is 6.17 Å². The Bertz CT molecular complexity index is 736. The van der Waals surface area contributed by atoms with E-state index in [9.17, 15) is 5.21 Å². The minimum Gasteiger partial charge on any atom is -0.287 e. The highest BCUT2D eigenvalue weighted by Gasteiger charge is 2.62. The molecule has 0 spiro atoms. The van der Waals surface area contributed by atoms with Crippen LogP contribution >= 0.6 is 15.9 Å². The third kappa shape index (κ3) is 2.61. The van der Waals surface area contributed by atoms with E-state index in [1.807, 2.05) is 0 Å². The zero-order valence-corrected chi connectivity index (χ0v) is 17.5. The third-order valence-corrected chi connectivity index (χ3v) is 6.97. The highest BCUT2D eigenvalue weighted by molar-refractivity contribution is 9.10. The van der Waals surface area contributed by atoms with Crippen molar-refractivity contribution < 1.29 is 5.21 Å². The van der Waals surface area contributed by atoms with Crippen LogP contribution in [0, 0.1) is 5.41 Å². The van der Waals surface area contributed by atoms with Gasteiger partial charge in [-0.25, -0.2) is 5.06 Å². The van der Waals surface area contributed by atoms with E-state index in [1.54, 1.807) is 0 Å². The van der Waals surface area contributed by atoms with E-state index in [1.165, 1.54) is 21.8 Å². The SMILES string of the molecule is C=CC(C)(C)C12CCN(C)C1N(O)c1cc(Br)c(CC=C(C)C)cc12. The van der Waals surface area contributed by atoms with Crippen LogP contribution in [-0.4, -0.2) is 29.9 Å². The molecule has 3 nitrogen and oxygen atoms in total. The Morgan fingerprint density at radius 1 is 1.44 bits per heavy atom. The zero-order valence-electron chi connectivity index (χ0n) is 15.9. The molecule has 0 aromatic heterocycles. The Kier molecular flexibility index (Phi) is 4.68. The maximum Gasteiger partial charge on any atom is 0.119 e. The molecular formula is C21H29BrN2O. The lowest BCUT2D eigenvalue weighted by atomic mass is 9.60. The van der Waals surface area contributed by atoms with Gasteiger partial charge in [0.25, 0.3) is 0 Å². The van der Waals surface area contributed by atoms with Crippen molar-refractivity contribution in [1.29, 1.82) is 0 Å². The first-order valence-corrected chi connectivity index (χ1v) is 9.73. The fraction of sp³-hybridized carbons (Fsp3) is 0.524. The van der Waals surface area contributed by atoms with Gasteiger partial charge in [0, 0.05) is 16.4 Å². The molecule has 2 heterocycles. The first-order valence-electron chi connectivity index (χ1n) is 8.94. The molecule has 0 radical (unpaired) electrons. The Hall–Kier alpha value is -1.10. The Labute approximate surface area is 160 Å². The summed E-state index contributed by atoms with van der Waals surface area (Å²) in [6.07, 6.45) is 6.16. The molecule has 1 N–H and O–H groups in total. The van der Waals surface area contributed by atoms with Gasteiger partial charge in [0.15, 0.2) is 0 Å². The molecule has 0 saturated carbocycles. The number of likely N-dealkylation sites (tertiary alicyclic amines) is 1. The Morgan fingerprint density at radius 2 is 2.12 bits per heavy atom. The van der Waals surface area contributed by atoms with Crippen LogP contribution < -0.4 is 5.06 Å². The third-order valence-electron chi connectivity index (χ3n) is 6.23. The maximum absolute atomic E-state index is 11.0. The van der Waals surface area contributed by atoms with Crippen molar-refractivity contribution in [3.63, 3.8) is 0 Å². The number of anilines is 1. The highest BCUT2D eigenvalue weighted by Crippen LogP contribution is 2.60. The summed E-state index contributed by atoms with van der Waals surface area (Å²) in [4.78, 5) is 2.26. The quantitative estimate of drug-likeness (QED) is 0.691. The molecule has 3 rings (SSSR count). The van der Waals surface area contributed by atoms with Crippen molar-refractivity contribution >= 4 is 21.6 Å². The van der Waals surface area contributed by atoms with Gasteiger partial charge < -0.3 is 0 Å². The van der Waals surface area contributed by atoms with Gasteiger partial charge >= 0.3 is 0 Å². The minimum absolute atomic E-state index is 0.0545. The van der Waals surface area contributed by atoms with Gasteiger partial charge in [-0.2, -0.15) is 0 Å². The molecule has 0 amide bonds. The van der Waals surface area contributed by atoms with Crippen molar-refractivity contribution in [1.82, 2.24) is 4.90 Å². The predicted octanol–water partition coefficient (Wildman–Crippen LogP) is 5.28. The maximum atomic E-state index is 11.0. The molecule has 2 aliphatic heterocycles. The molecule has 1 aromatic carbocycles. The van der Waals surface area contributed by atoms with Gasteiger partial charge in [-0.3, -0.25) is 10.1 Å². The number of hydrogen-bond acceptors (Lipinski definition) is 3. The summed E-state index contributed by atoms with van der Waals surface area (Å²) in [5.74, 6) is 0. The molecule has 4 heteroatoms. The minimum atomic E-state index is -0.159. The van der Waals surface area contributed by atoms with Crippen molar-refractivity contribution in [2.75, 3.05) is 18.7 Å². The van der Waals surface area contributed by atoms with E-state index >= 15 is 0 Å². The smallest absolute Gasteiger partial charge is 0.119 e. The van der Waals surface area contributed by atoms with Gasteiger partial charge in [-0.15, -0.1) is 6.58 Å². The number of allylic oxidation sites excluding steroid dienone is 3. The fourth-order valence-corrected chi connectivity index (χ4v) is 5.08. The largest absolute Gasteiger partial charge is 0.287 e. The average molecular weight is 405 g/mol. The topological polar surface area (TPSA) is 26.7 Å². The summed E-state index contributed by atoms with van der Waals surface area (Å²) in [6, 6.07) is 4.38. The lowest BCUT2D eigenvalue weighted by Gasteiger charge is -2.44. The summed E-state index contributed by atoms with van der Waals surface area (Å²) in [5, 5.41) is 12.5. The monoisotopic (exact) mass is 404 g/mol. The standard InChI is InChI=1S/C21H29BrN2O/c1-7-20(4,5)21-10-11-23(6)19(21)24(25)18-13-17(22)15(12-16(18)21)9-8-14(2)3/h7-8,12-13,19,25H,1,9-11H2,2-6H3. The van der Waals surface area contributed by atoms with Crippen LogP contribution in [0.4, 0.5) is 5.69 Å². The second kappa shape index (κ2) is 6.26. The summed E-state index contributed by atoms with van der Waals surface area (Å²) >= 11 is 3.71. The number of benzene rings is 1. The van der Waals surface area contributed by atoms with E-state index in [0.29, 0.717) is 0 Å². The molecule has 136 valence electrons. The van der Waals surface area contributed by atoms with E-state index in [-0.39, 0.29) is 17.0 Å². The number of hydrogen-bond donors (Lipinski definition) is 1. The van der Waals surface area contributed by atoms with Crippen LogP contribution in [0.3, 0.4) is 0 Å². The molecule has 0 aliphatic carbocycles. The van der Waals surface area contributed by atoms with Crippen LogP contribution in [0.5, 0.6) is 0 Å². The number of halogens is 1. The van der Waals surface area contributed by atoms with Crippen molar-refractivity contribution in [3.05, 3.63) is 52.0 Å². The van der Waals surface area contributed by atoms with Gasteiger partial charge in [0.05, 0.1) is 5.69 Å². The molecule has 2 atom stereocenters. The molecule has 25 heavy (non-hydrogen) atoms. The molecule has 2 unspecified atom stereocenters. The molecule has 0 bridgehead atoms.